The number of nitrogens with zero attached hydrogens (tertiary/aromatic N) is 3. The van der Waals surface area contributed by atoms with Crippen molar-refractivity contribution in [2.24, 2.45) is 0 Å². The molecule has 0 radical (unpaired) electrons. The molecule has 3 aromatic rings. The third kappa shape index (κ3) is 4.92. The first-order chi connectivity index (χ1) is 15.8. The molecule has 1 aliphatic heterocycles. The van der Waals surface area contributed by atoms with Crippen molar-refractivity contribution in [3.05, 3.63) is 106 Å². The molecule has 33 heavy (non-hydrogen) atoms. The monoisotopic (exact) mass is 479 g/mol. The Labute approximate surface area is 202 Å². The SMILES string of the molecule is C=C1C(Cl)=CNc2ncnc(N)c21.C=Cc1cc(CC)n(-c2ccccc2)c(=O)c1C(=C)Cl. The molecule has 0 atom stereocenters. The Morgan fingerprint density at radius 3 is 2.58 bits per heavy atom. The normalized spacial score (nSPS) is 12.0. The number of nitrogen functional groups attached to an aromatic ring is 1. The van der Waals surface area contributed by atoms with Crippen molar-refractivity contribution in [1.82, 2.24) is 14.5 Å². The number of halogens is 2. The van der Waals surface area contributed by atoms with Gasteiger partial charge >= 0.3 is 0 Å². The van der Waals surface area contributed by atoms with Crippen LogP contribution in [0, 0.1) is 0 Å². The second kappa shape index (κ2) is 10.3. The van der Waals surface area contributed by atoms with E-state index >= 15 is 0 Å². The number of nitrogens with one attached hydrogen (secondary N) is 1. The Morgan fingerprint density at radius 1 is 1.27 bits per heavy atom. The number of rotatable bonds is 4. The van der Waals surface area contributed by atoms with E-state index in [1.807, 2.05) is 43.3 Å². The van der Waals surface area contributed by atoms with Gasteiger partial charge in [0.1, 0.15) is 18.0 Å². The van der Waals surface area contributed by atoms with E-state index in [9.17, 15) is 4.79 Å². The Balaban J connectivity index is 0.000000203. The lowest BCUT2D eigenvalue weighted by Gasteiger charge is -2.16. The molecule has 6 nitrogen and oxygen atoms in total. The zero-order valence-corrected chi connectivity index (χ0v) is 19.6. The average molecular weight is 480 g/mol. The van der Waals surface area contributed by atoms with E-state index in [0.717, 1.165) is 23.4 Å². The van der Waals surface area contributed by atoms with Crippen molar-refractivity contribution in [1.29, 1.82) is 0 Å². The molecule has 0 amide bonds. The number of hydrogen-bond donors (Lipinski definition) is 2. The van der Waals surface area contributed by atoms with Crippen LogP contribution < -0.4 is 16.6 Å². The van der Waals surface area contributed by atoms with Crippen LogP contribution in [0.3, 0.4) is 0 Å². The van der Waals surface area contributed by atoms with Crippen molar-refractivity contribution in [3.8, 4) is 5.69 Å². The van der Waals surface area contributed by atoms with Gasteiger partial charge in [-0.3, -0.25) is 9.36 Å². The molecule has 1 aliphatic rings. The predicted molar refractivity (Wildman–Crippen MR) is 139 cm³/mol. The van der Waals surface area contributed by atoms with Crippen LogP contribution in [0.4, 0.5) is 11.6 Å². The van der Waals surface area contributed by atoms with E-state index in [-0.39, 0.29) is 10.6 Å². The fraction of sp³-hybridized carbons (Fsp3) is 0.0800. The van der Waals surface area contributed by atoms with Crippen molar-refractivity contribution >= 4 is 51.5 Å². The minimum absolute atomic E-state index is 0.162. The maximum absolute atomic E-state index is 12.7. The summed E-state index contributed by atoms with van der Waals surface area (Å²) in [6.45, 7) is 13.2. The Hall–Kier alpha value is -3.61. The van der Waals surface area contributed by atoms with Crippen LogP contribution in [-0.2, 0) is 6.42 Å². The zero-order chi connectivity index (χ0) is 24.1. The molecule has 3 N–H and O–H groups in total. The van der Waals surface area contributed by atoms with Gasteiger partial charge in [-0.2, -0.15) is 0 Å². The van der Waals surface area contributed by atoms with Gasteiger partial charge < -0.3 is 11.1 Å². The quantitative estimate of drug-likeness (QED) is 0.491. The summed E-state index contributed by atoms with van der Waals surface area (Å²) in [6, 6.07) is 11.4. The lowest BCUT2D eigenvalue weighted by molar-refractivity contribution is 0.872. The highest BCUT2D eigenvalue weighted by atomic mass is 35.5. The van der Waals surface area contributed by atoms with Crippen LogP contribution in [-0.4, -0.2) is 14.5 Å². The van der Waals surface area contributed by atoms with Gasteiger partial charge in [-0.25, -0.2) is 9.97 Å². The number of anilines is 2. The minimum Gasteiger partial charge on any atom is -0.383 e. The fourth-order valence-electron chi connectivity index (χ4n) is 3.38. The largest absolute Gasteiger partial charge is 0.383 e. The standard InChI is InChI=1S/C17H16ClNO.C8H7ClN4/c1-4-13-11-14(5-2)19(15-9-7-6-8-10-15)17(20)16(13)12(3)18;1-4-5(9)2-11-8-6(4)7(10)12-3-13-8/h4,6-11H,1,3,5H2,2H3;2-3H,1H2,(H3,10,11,12,13). The number of para-hydroxylation sites is 1. The molecule has 8 heteroatoms. The molecule has 0 unspecified atom stereocenters. The van der Waals surface area contributed by atoms with Gasteiger partial charge in [-0.1, -0.05) is 74.1 Å². The van der Waals surface area contributed by atoms with Crippen molar-refractivity contribution < 1.29 is 0 Å². The third-order valence-electron chi connectivity index (χ3n) is 4.99. The second-order valence-corrected chi connectivity index (χ2v) is 7.87. The lowest BCUT2D eigenvalue weighted by atomic mass is 10.1. The number of hydrogen-bond acceptors (Lipinski definition) is 5. The summed E-state index contributed by atoms with van der Waals surface area (Å²) in [7, 11) is 0. The van der Waals surface area contributed by atoms with Gasteiger partial charge in [-0.05, 0) is 30.2 Å². The first kappa shape index (κ1) is 24.0. The van der Waals surface area contributed by atoms with Gasteiger partial charge in [0.2, 0.25) is 0 Å². The highest BCUT2D eigenvalue weighted by Gasteiger charge is 2.18. The summed E-state index contributed by atoms with van der Waals surface area (Å²) in [6.07, 6.45) is 5.39. The topological polar surface area (TPSA) is 85.8 Å². The van der Waals surface area contributed by atoms with E-state index in [1.54, 1.807) is 16.8 Å². The molecule has 0 bridgehead atoms. The highest BCUT2D eigenvalue weighted by molar-refractivity contribution is 6.48. The van der Waals surface area contributed by atoms with Crippen LogP contribution >= 0.6 is 23.2 Å². The first-order valence-electron chi connectivity index (χ1n) is 10.0. The molecule has 0 spiro atoms. The Morgan fingerprint density at radius 2 is 1.97 bits per heavy atom. The number of fused-ring (bicyclic) bond motifs is 1. The molecule has 0 aliphatic carbocycles. The van der Waals surface area contributed by atoms with E-state index in [1.165, 1.54) is 6.33 Å². The number of aromatic nitrogens is 3. The van der Waals surface area contributed by atoms with E-state index in [0.29, 0.717) is 33.4 Å². The van der Waals surface area contributed by atoms with Crippen molar-refractivity contribution in [2.45, 2.75) is 13.3 Å². The molecule has 0 saturated heterocycles. The number of allylic oxidation sites excluding steroid dienone is 2. The summed E-state index contributed by atoms with van der Waals surface area (Å²) in [5, 5.41) is 3.65. The predicted octanol–water partition coefficient (Wildman–Crippen LogP) is 5.83. The molecule has 0 fully saturated rings. The molecule has 168 valence electrons. The van der Waals surface area contributed by atoms with Gasteiger partial charge in [0.05, 0.1) is 16.2 Å². The van der Waals surface area contributed by atoms with E-state index < -0.39 is 0 Å². The summed E-state index contributed by atoms with van der Waals surface area (Å²) >= 11 is 11.8. The van der Waals surface area contributed by atoms with Gasteiger partial charge in [0, 0.05) is 28.2 Å². The maximum Gasteiger partial charge on any atom is 0.264 e. The smallest absolute Gasteiger partial charge is 0.264 e. The molecule has 0 saturated carbocycles. The fourth-order valence-corrected chi connectivity index (χ4v) is 3.72. The molecular formula is C25H23Cl2N5O. The summed E-state index contributed by atoms with van der Waals surface area (Å²) in [5.74, 6) is 1.02. The van der Waals surface area contributed by atoms with Gasteiger partial charge in [0.15, 0.2) is 0 Å². The summed E-state index contributed by atoms with van der Waals surface area (Å²) in [5.41, 5.74) is 9.68. The van der Waals surface area contributed by atoms with Gasteiger partial charge in [-0.15, -0.1) is 0 Å². The Bertz CT molecular complexity index is 1330. The molecule has 2 aromatic heterocycles. The maximum atomic E-state index is 12.7. The van der Waals surface area contributed by atoms with Crippen molar-refractivity contribution in [3.63, 3.8) is 0 Å². The van der Waals surface area contributed by atoms with Crippen LogP contribution in [0.1, 0.15) is 29.3 Å². The second-order valence-electron chi connectivity index (χ2n) is 7.00. The number of nitrogens with two attached hydrogens (primary N) is 1. The average Bonchev–Trinajstić information content (AvgIpc) is 2.81. The van der Waals surface area contributed by atoms with E-state index in [4.69, 9.17) is 28.9 Å². The molecular weight excluding hydrogens is 457 g/mol. The Kier molecular flexibility index (Phi) is 7.53. The van der Waals surface area contributed by atoms with E-state index in [2.05, 4.69) is 35.0 Å². The number of benzene rings is 1. The molecule has 1 aromatic carbocycles. The summed E-state index contributed by atoms with van der Waals surface area (Å²) < 4.78 is 1.68. The zero-order valence-electron chi connectivity index (χ0n) is 18.1. The lowest BCUT2D eigenvalue weighted by Crippen LogP contribution is -2.25. The first-order valence-corrected chi connectivity index (χ1v) is 10.8. The summed E-state index contributed by atoms with van der Waals surface area (Å²) in [4.78, 5) is 20.6. The van der Waals surface area contributed by atoms with Gasteiger partial charge in [0.25, 0.3) is 5.56 Å². The van der Waals surface area contributed by atoms with Crippen LogP contribution in [0.25, 0.3) is 22.4 Å². The van der Waals surface area contributed by atoms with Crippen LogP contribution in [0.2, 0.25) is 0 Å². The molecule has 3 heterocycles. The number of pyridine rings is 1. The molecule has 4 rings (SSSR count). The van der Waals surface area contributed by atoms with Crippen molar-refractivity contribution in [2.75, 3.05) is 11.1 Å². The highest BCUT2D eigenvalue weighted by Crippen LogP contribution is 2.35. The third-order valence-corrected chi connectivity index (χ3v) is 5.51. The van der Waals surface area contributed by atoms with Crippen LogP contribution in [0.15, 0.2) is 78.5 Å². The number of aryl methyl sites for hydroxylation is 1. The van der Waals surface area contributed by atoms with Crippen LogP contribution in [0.5, 0.6) is 0 Å². The minimum atomic E-state index is -0.162.